The first-order valence-corrected chi connectivity index (χ1v) is 3.58. The van der Waals surface area contributed by atoms with E-state index >= 15 is 0 Å². The van der Waals surface area contributed by atoms with E-state index in [1.54, 1.807) is 18.2 Å². The number of Topliss-reactive ketones (excluding diaryl/α,β-unsaturated/α-hetero) is 1. The van der Waals surface area contributed by atoms with Gasteiger partial charge in [-0.2, -0.15) is 0 Å². The number of phenolic OH excluding ortho intramolecular Hbond substituents is 1. The van der Waals surface area contributed by atoms with Gasteiger partial charge in [-0.05, 0) is 26.1 Å². The molecule has 0 aliphatic rings. The van der Waals surface area contributed by atoms with Crippen molar-refractivity contribution in [2.45, 2.75) is 21.8 Å². The average molecular weight is 199 g/mol. The van der Waals surface area contributed by atoms with Crippen molar-refractivity contribution < 1.29 is 9.90 Å². The van der Waals surface area contributed by atoms with Crippen LogP contribution in [0, 0.1) is 0 Å². The maximum Gasteiger partial charge on any atom is 0.163 e. The molecule has 0 unspecified atom stereocenters. The molecule has 0 saturated carbocycles. The lowest BCUT2D eigenvalue weighted by Gasteiger charge is -1.96. The Bertz CT molecular complexity index is 259. The van der Waals surface area contributed by atoms with E-state index in [1.807, 2.05) is 0 Å². The van der Waals surface area contributed by atoms with Gasteiger partial charge in [-0.1, -0.05) is 27.0 Å². The summed E-state index contributed by atoms with van der Waals surface area (Å²) in [5, 5.41) is 9.06. The van der Waals surface area contributed by atoms with Crippen LogP contribution in [0.3, 0.4) is 0 Å². The number of benzene rings is 1. The predicted octanol–water partition coefficient (Wildman–Crippen LogP) is 2.44. The normalized spacial score (nSPS) is 7.07. The third kappa shape index (κ3) is 5.32. The van der Waals surface area contributed by atoms with E-state index in [0.717, 1.165) is 0 Å². The zero-order valence-electron chi connectivity index (χ0n) is 7.24. The summed E-state index contributed by atoms with van der Waals surface area (Å²) in [6, 6.07) is 6.49. The van der Waals surface area contributed by atoms with Crippen LogP contribution >= 0.6 is 0 Å². The predicted molar refractivity (Wildman–Crippen MR) is 61.7 cm³/mol. The Kier molecular flexibility index (Phi) is 12.8. The highest BCUT2D eigenvalue weighted by Crippen LogP contribution is 2.15. The average Bonchev–Trinajstić information content (AvgIpc) is 2.08. The van der Waals surface area contributed by atoms with E-state index in [0.29, 0.717) is 5.56 Å². The van der Waals surface area contributed by atoms with Gasteiger partial charge in [-0.3, -0.25) is 4.79 Å². The van der Waals surface area contributed by atoms with Crippen molar-refractivity contribution in [3.8, 4) is 5.75 Å². The zero-order chi connectivity index (χ0) is 9.56. The highest BCUT2D eigenvalue weighted by Gasteiger charge is 2.02. The van der Waals surface area contributed by atoms with E-state index in [-0.39, 0.29) is 26.4 Å². The summed E-state index contributed by atoms with van der Waals surface area (Å²) in [4.78, 5) is 10.7. The molecule has 0 saturated heterocycles. The topological polar surface area (TPSA) is 63.3 Å². The Labute approximate surface area is 86.6 Å². The number of hydrogen-bond donors (Lipinski definition) is 2. The van der Waals surface area contributed by atoms with Crippen LogP contribution in [-0.4, -0.2) is 17.9 Å². The fourth-order valence-corrected chi connectivity index (χ4v) is 0.771. The monoisotopic (exact) mass is 199 g/mol. The van der Waals surface area contributed by atoms with Crippen molar-refractivity contribution in [3.05, 3.63) is 29.8 Å². The summed E-state index contributed by atoms with van der Waals surface area (Å²) < 4.78 is 0. The quantitative estimate of drug-likeness (QED) is 0.683. The second-order valence-electron chi connectivity index (χ2n) is 2.07. The molecule has 0 amide bonds. The fourth-order valence-electron chi connectivity index (χ4n) is 0.771. The molecule has 1 rings (SSSR count). The van der Waals surface area contributed by atoms with E-state index in [4.69, 9.17) is 5.11 Å². The van der Waals surface area contributed by atoms with Gasteiger partial charge in [-0.25, -0.2) is 0 Å². The van der Waals surface area contributed by atoms with Crippen molar-refractivity contribution in [1.29, 1.82) is 0 Å². The minimum absolute atomic E-state index is 0. The fraction of sp³-hybridized carbons (Fsp3) is 0.364. The second kappa shape index (κ2) is 9.74. The molecule has 0 fully saturated rings. The van der Waals surface area contributed by atoms with Crippen molar-refractivity contribution >= 4 is 5.78 Å². The standard InChI is InChI=1S/C8H8O2.CH5N.2CH4/c1-6(9)7-4-2-3-5-8(7)10;1-2;;/h2-5,10H,1H3;2H2,1H3;2*1H4. The van der Waals surface area contributed by atoms with Crippen molar-refractivity contribution in [2.24, 2.45) is 5.73 Å². The molecule has 3 N–H and O–H groups in total. The Morgan fingerprint density at radius 3 is 1.93 bits per heavy atom. The van der Waals surface area contributed by atoms with Gasteiger partial charge >= 0.3 is 0 Å². The smallest absolute Gasteiger partial charge is 0.163 e. The van der Waals surface area contributed by atoms with Gasteiger partial charge in [0.25, 0.3) is 0 Å². The van der Waals surface area contributed by atoms with Crippen molar-refractivity contribution in [2.75, 3.05) is 7.05 Å². The first-order chi connectivity index (χ1) is 5.72. The van der Waals surface area contributed by atoms with Crippen LogP contribution in [0.15, 0.2) is 24.3 Å². The molecule has 82 valence electrons. The molecule has 0 radical (unpaired) electrons. The Hall–Kier alpha value is -1.35. The minimum atomic E-state index is -0.113. The number of aromatic hydroxyl groups is 1. The molecule has 0 heterocycles. The third-order valence-electron chi connectivity index (χ3n) is 1.28. The number of hydrogen-bond acceptors (Lipinski definition) is 3. The molecule has 0 bridgehead atoms. The number of ketones is 1. The van der Waals surface area contributed by atoms with Crippen molar-refractivity contribution in [3.63, 3.8) is 0 Å². The highest BCUT2D eigenvalue weighted by atomic mass is 16.3. The lowest BCUT2D eigenvalue weighted by Crippen LogP contribution is -1.90. The van der Waals surface area contributed by atoms with Gasteiger partial charge in [0, 0.05) is 0 Å². The van der Waals surface area contributed by atoms with E-state index in [9.17, 15) is 4.79 Å². The maximum atomic E-state index is 10.7. The summed E-state index contributed by atoms with van der Waals surface area (Å²) in [6.07, 6.45) is 0. The van der Waals surface area contributed by atoms with E-state index in [2.05, 4.69) is 5.73 Å². The Balaban J connectivity index is -0.000000284. The molecule has 1 aromatic rings. The summed E-state index contributed by atoms with van der Waals surface area (Å²) in [7, 11) is 1.50. The van der Waals surface area contributed by atoms with Gasteiger partial charge in [0.2, 0.25) is 0 Å². The molecule has 0 spiro atoms. The number of nitrogens with two attached hydrogens (primary N) is 1. The van der Waals surface area contributed by atoms with Gasteiger partial charge < -0.3 is 10.8 Å². The molecular formula is C11H21NO2. The molecule has 14 heavy (non-hydrogen) atoms. The molecule has 0 aromatic heterocycles. The Morgan fingerprint density at radius 1 is 1.21 bits per heavy atom. The lowest BCUT2D eigenvalue weighted by molar-refractivity contribution is 0.101. The Morgan fingerprint density at radius 2 is 1.64 bits per heavy atom. The van der Waals surface area contributed by atoms with Crippen LogP contribution in [0.5, 0.6) is 5.75 Å². The lowest BCUT2D eigenvalue weighted by atomic mass is 10.1. The number of carbonyl (C=O) groups excluding carboxylic acids is 1. The van der Waals surface area contributed by atoms with Gasteiger partial charge in [0.1, 0.15) is 5.75 Å². The van der Waals surface area contributed by atoms with Gasteiger partial charge in [-0.15, -0.1) is 0 Å². The van der Waals surface area contributed by atoms with E-state index in [1.165, 1.54) is 20.0 Å². The molecule has 0 aliphatic carbocycles. The third-order valence-corrected chi connectivity index (χ3v) is 1.28. The number of carbonyl (C=O) groups is 1. The zero-order valence-corrected chi connectivity index (χ0v) is 7.24. The molecule has 1 aromatic carbocycles. The van der Waals surface area contributed by atoms with E-state index < -0.39 is 0 Å². The van der Waals surface area contributed by atoms with Crippen LogP contribution in [0.25, 0.3) is 0 Å². The summed E-state index contributed by atoms with van der Waals surface area (Å²) in [5.74, 6) is -0.0619. The molecule has 3 heteroatoms. The number of phenols is 1. The number of rotatable bonds is 1. The van der Waals surface area contributed by atoms with Crippen LogP contribution < -0.4 is 5.73 Å². The summed E-state index contributed by atoms with van der Waals surface area (Å²) >= 11 is 0. The molecule has 0 aliphatic heterocycles. The van der Waals surface area contributed by atoms with Gasteiger partial charge in [0.05, 0.1) is 5.56 Å². The van der Waals surface area contributed by atoms with Gasteiger partial charge in [0.15, 0.2) is 5.78 Å². The maximum absolute atomic E-state index is 10.7. The molecular weight excluding hydrogens is 178 g/mol. The highest BCUT2D eigenvalue weighted by molar-refractivity contribution is 5.96. The summed E-state index contributed by atoms with van der Waals surface area (Å²) in [6.45, 7) is 1.43. The minimum Gasteiger partial charge on any atom is -0.507 e. The first-order valence-electron chi connectivity index (χ1n) is 3.58. The SMILES string of the molecule is C.C.CC(=O)c1ccccc1O.CN. The summed E-state index contributed by atoms with van der Waals surface area (Å²) in [5.41, 5.74) is 4.88. The second-order valence-corrected chi connectivity index (χ2v) is 2.07. The number of para-hydroxylation sites is 1. The van der Waals surface area contributed by atoms with Crippen LogP contribution in [0.1, 0.15) is 32.1 Å². The van der Waals surface area contributed by atoms with Crippen LogP contribution in [-0.2, 0) is 0 Å². The molecule has 3 nitrogen and oxygen atoms in total. The molecule has 0 atom stereocenters. The van der Waals surface area contributed by atoms with Crippen LogP contribution in [0.4, 0.5) is 0 Å². The first kappa shape index (κ1) is 18.4. The van der Waals surface area contributed by atoms with Crippen molar-refractivity contribution in [1.82, 2.24) is 0 Å². The largest absolute Gasteiger partial charge is 0.507 e. The van der Waals surface area contributed by atoms with Crippen LogP contribution in [0.2, 0.25) is 0 Å².